The van der Waals surface area contributed by atoms with Gasteiger partial charge in [0.25, 0.3) is 0 Å². The minimum atomic E-state index is -0.000870. The highest BCUT2D eigenvalue weighted by molar-refractivity contribution is 5.82. The monoisotopic (exact) mass is 302 g/mol. The Balaban J connectivity index is 2.31. The molecule has 0 aliphatic rings. The van der Waals surface area contributed by atoms with Crippen molar-refractivity contribution in [2.75, 3.05) is 0 Å². The number of carbonyl (C=O) groups is 1. The maximum Gasteiger partial charge on any atom is 0.240 e. The second kappa shape index (κ2) is 9.39. The Kier molecular flexibility index (Phi) is 7.86. The number of unbranched alkanes of at least 4 members (excludes halogenated alkanes) is 4. The number of hydrazone groups is 1. The number of nitrogens with zero attached hydrogens (tertiary/aromatic N) is 1. The molecule has 0 spiro atoms. The second-order valence-corrected chi connectivity index (χ2v) is 6.83. The summed E-state index contributed by atoms with van der Waals surface area (Å²) in [6.45, 7) is 8.76. The first-order valence-corrected chi connectivity index (χ1v) is 8.36. The standard InChI is InChI=1S/C19H30N2O/c1-5-6-7-8-9-10-18(22)21-20-15-16-11-13-17(14-12-16)19(2,3)4/h11-15H,5-10H2,1-4H3,(H,21,22). The molecule has 0 bridgehead atoms. The van der Waals surface area contributed by atoms with Gasteiger partial charge in [-0.05, 0) is 23.0 Å². The van der Waals surface area contributed by atoms with Gasteiger partial charge >= 0.3 is 0 Å². The van der Waals surface area contributed by atoms with Crippen molar-refractivity contribution in [1.29, 1.82) is 0 Å². The molecular formula is C19H30N2O. The van der Waals surface area contributed by atoms with Crippen molar-refractivity contribution < 1.29 is 4.79 Å². The minimum Gasteiger partial charge on any atom is -0.273 e. The van der Waals surface area contributed by atoms with Crippen LogP contribution >= 0.6 is 0 Å². The van der Waals surface area contributed by atoms with Crippen LogP contribution in [0.5, 0.6) is 0 Å². The molecule has 0 unspecified atom stereocenters. The van der Waals surface area contributed by atoms with Crippen LogP contribution < -0.4 is 5.43 Å². The zero-order valence-corrected chi connectivity index (χ0v) is 14.5. The molecule has 3 heteroatoms. The SMILES string of the molecule is CCCCCCCC(=O)NN=Cc1ccc(C(C)(C)C)cc1. The summed E-state index contributed by atoms with van der Waals surface area (Å²) in [4.78, 5) is 11.6. The fraction of sp³-hybridized carbons (Fsp3) is 0.579. The maximum atomic E-state index is 11.6. The Labute approximate surface area is 135 Å². The van der Waals surface area contributed by atoms with Gasteiger partial charge < -0.3 is 0 Å². The van der Waals surface area contributed by atoms with Gasteiger partial charge in [0.15, 0.2) is 0 Å². The van der Waals surface area contributed by atoms with Crippen LogP contribution in [0.25, 0.3) is 0 Å². The summed E-state index contributed by atoms with van der Waals surface area (Å²) in [6.07, 6.45) is 8.02. The smallest absolute Gasteiger partial charge is 0.240 e. The molecule has 22 heavy (non-hydrogen) atoms. The van der Waals surface area contributed by atoms with Gasteiger partial charge in [0.2, 0.25) is 5.91 Å². The summed E-state index contributed by atoms with van der Waals surface area (Å²) in [7, 11) is 0. The average molecular weight is 302 g/mol. The Morgan fingerprint density at radius 2 is 1.73 bits per heavy atom. The summed E-state index contributed by atoms with van der Waals surface area (Å²) in [6, 6.07) is 8.27. The zero-order valence-electron chi connectivity index (χ0n) is 14.5. The van der Waals surface area contributed by atoms with Crippen molar-refractivity contribution in [2.24, 2.45) is 5.10 Å². The van der Waals surface area contributed by atoms with Crippen molar-refractivity contribution in [3.05, 3.63) is 35.4 Å². The van der Waals surface area contributed by atoms with E-state index in [1.807, 2.05) is 12.1 Å². The molecule has 0 heterocycles. The van der Waals surface area contributed by atoms with Gasteiger partial charge in [-0.15, -0.1) is 0 Å². The third-order valence-electron chi connectivity index (χ3n) is 3.69. The van der Waals surface area contributed by atoms with Crippen LogP contribution in [0.15, 0.2) is 29.4 Å². The highest BCUT2D eigenvalue weighted by Crippen LogP contribution is 2.21. The summed E-state index contributed by atoms with van der Waals surface area (Å²) < 4.78 is 0. The molecule has 3 nitrogen and oxygen atoms in total. The third-order valence-corrected chi connectivity index (χ3v) is 3.69. The van der Waals surface area contributed by atoms with E-state index in [0.29, 0.717) is 6.42 Å². The number of rotatable bonds is 8. The van der Waals surface area contributed by atoms with E-state index in [2.05, 4.69) is 50.4 Å². The lowest BCUT2D eigenvalue weighted by molar-refractivity contribution is -0.121. The summed E-state index contributed by atoms with van der Waals surface area (Å²) in [5.41, 5.74) is 5.04. The number of carbonyl (C=O) groups excluding carboxylic acids is 1. The average Bonchev–Trinajstić information content (AvgIpc) is 2.46. The number of hydrogen-bond acceptors (Lipinski definition) is 2. The lowest BCUT2D eigenvalue weighted by atomic mass is 9.87. The normalized spacial score (nSPS) is 11.8. The van der Waals surface area contributed by atoms with Crippen LogP contribution in [0.1, 0.15) is 77.3 Å². The number of amides is 1. The van der Waals surface area contributed by atoms with E-state index in [0.717, 1.165) is 18.4 Å². The van der Waals surface area contributed by atoms with Crippen molar-refractivity contribution in [1.82, 2.24) is 5.43 Å². The summed E-state index contributed by atoms with van der Waals surface area (Å²) in [5, 5.41) is 4.02. The van der Waals surface area contributed by atoms with Gasteiger partial charge in [-0.25, -0.2) is 5.43 Å². The van der Waals surface area contributed by atoms with Gasteiger partial charge in [0, 0.05) is 6.42 Å². The van der Waals surface area contributed by atoms with Crippen molar-refractivity contribution in [2.45, 2.75) is 71.6 Å². The van der Waals surface area contributed by atoms with Crippen LogP contribution in [0, 0.1) is 0 Å². The molecule has 0 radical (unpaired) electrons. The van der Waals surface area contributed by atoms with E-state index >= 15 is 0 Å². The first kappa shape index (κ1) is 18.4. The van der Waals surface area contributed by atoms with Crippen molar-refractivity contribution in [3.8, 4) is 0 Å². The molecule has 1 aromatic carbocycles. The van der Waals surface area contributed by atoms with Gasteiger partial charge in [-0.3, -0.25) is 4.79 Å². The first-order chi connectivity index (χ1) is 10.4. The highest BCUT2D eigenvalue weighted by atomic mass is 16.2. The molecule has 1 amide bonds. The Bertz CT molecular complexity index is 469. The van der Waals surface area contributed by atoms with Gasteiger partial charge in [-0.1, -0.05) is 77.6 Å². The number of hydrogen-bond donors (Lipinski definition) is 1. The van der Waals surface area contributed by atoms with Gasteiger partial charge in [-0.2, -0.15) is 5.10 Å². The van der Waals surface area contributed by atoms with Crippen LogP contribution in [-0.4, -0.2) is 12.1 Å². The Morgan fingerprint density at radius 1 is 1.09 bits per heavy atom. The lowest BCUT2D eigenvalue weighted by Crippen LogP contribution is -2.17. The topological polar surface area (TPSA) is 41.5 Å². The van der Waals surface area contributed by atoms with Crippen LogP contribution in [-0.2, 0) is 10.2 Å². The lowest BCUT2D eigenvalue weighted by Gasteiger charge is -2.18. The third kappa shape index (κ3) is 7.39. The zero-order chi connectivity index (χ0) is 16.4. The molecular weight excluding hydrogens is 272 g/mol. The fourth-order valence-corrected chi connectivity index (χ4v) is 2.19. The molecule has 0 saturated heterocycles. The second-order valence-electron chi connectivity index (χ2n) is 6.83. The van der Waals surface area contributed by atoms with E-state index in [1.165, 1.54) is 24.8 Å². The molecule has 0 atom stereocenters. The quantitative estimate of drug-likeness (QED) is 0.418. The van der Waals surface area contributed by atoms with Gasteiger partial charge in [0.1, 0.15) is 0 Å². The molecule has 1 N–H and O–H groups in total. The summed E-state index contributed by atoms with van der Waals surface area (Å²) >= 11 is 0. The van der Waals surface area contributed by atoms with E-state index in [1.54, 1.807) is 6.21 Å². The molecule has 0 fully saturated rings. The largest absolute Gasteiger partial charge is 0.273 e. The van der Waals surface area contributed by atoms with E-state index in [-0.39, 0.29) is 11.3 Å². The predicted octanol–water partition coefficient (Wildman–Crippen LogP) is 4.79. The molecule has 122 valence electrons. The van der Waals surface area contributed by atoms with Crippen molar-refractivity contribution in [3.63, 3.8) is 0 Å². The highest BCUT2D eigenvalue weighted by Gasteiger charge is 2.12. The van der Waals surface area contributed by atoms with E-state index < -0.39 is 0 Å². The van der Waals surface area contributed by atoms with Crippen LogP contribution in [0.2, 0.25) is 0 Å². The maximum absolute atomic E-state index is 11.6. The summed E-state index contributed by atoms with van der Waals surface area (Å²) in [5.74, 6) is -0.000870. The van der Waals surface area contributed by atoms with E-state index in [4.69, 9.17) is 0 Å². The van der Waals surface area contributed by atoms with Crippen molar-refractivity contribution >= 4 is 12.1 Å². The number of nitrogens with one attached hydrogen (secondary N) is 1. The van der Waals surface area contributed by atoms with Gasteiger partial charge in [0.05, 0.1) is 6.21 Å². The van der Waals surface area contributed by atoms with Crippen LogP contribution in [0.4, 0.5) is 0 Å². The number of benzene rings is 1. The van der Waals surface area contributed by atoms with Crippen LogP contribution in [0.3, 0.4) is 0 Å². The molecule has 1 rings (SSSR count). The Morgan fingerprint density at radius 3 is 2.32 bits per heavy atom. The fourth-order valence-electron chi connectivity index (χ4n) is 2.19. The molecule has 0 saturated carbocycles. The molecule has 1 aromatic rings. The first-order valence-electron chi connectivity index (χ1n) is 8.36. The molecule has 0 aliphatic heterocycles. The van der Waals surface area contributed by atoms with E-state index in [9.17, 15) is 4.79 Å². The Hall–Kier alpha value is -1.64. The molecule has 0 aromatic heterocycles. The predicted molar refractivity (Wildman–Crippen MR) is 94.3 cm³/mol. The minimum absolute atomic E-state index is 0.000870. The molecule has 0 aliphatic carbocycles.